The molecule has 0 saturated carbocycles. The Labute approximate surface area is 151 Å². The lowest BCUT2D eigenvalue weighted by molar-refractivity contribution is -0.137. The quantitative estimate of drug-likeness (QED) is 0.427. The number of nitrogens with one attached hydrogen (secondary N) is 1. The van der Waals surface area contributed by atoms with Crippen LogP contribution in [0.4, 0.5) is 38.1 Å². The smallest absolute Gasteiger partial charge is 0.416 e. The third-order valence-corrected chi connectivity index (χ3v) is 3.17. The second-order valence-electron chi connectivity index (χ2n) is 5.07. The lowest BCUT2D eigenvalue weighted by Crippen LogP contribution is -2.30. The fraction of sp³-hybridized carbons (Fsp3) is 0.176. The van der Waals surface area contributed by atoms with Crippen molar-refractivity contribution in [2.45, 2.75) is 19.7 Å². The van der Waals surface area contributed by atoms with Gasteiger partial charge in [0.2, 0.25) is 0 Å². The first-order valence-electron chi connectivity index (χ1n) is 7.52. The van der Waals surface area contributed by atoms with Crippen molar-refractivity contribution >= 4 is 23.6 Å². The number of halogens is 5. The number of hydrogen-bond acceptors (Lipinski definition) is 3. The molecule has 0 saturated heterocycles. The average Bonchev–Trinajstić information content (AvgIpc) is 2.60. The Morgan fingerprint density at radius 2 is 1.85 bits per heavy atom. The van der Waals surface area contributed by atoms with Crippen molar-refractivity contribution in [2.75, 3.05) is 10.3 Å². The normalized spacial score (nSPS) is 11.7. The molecule has 5 nitrogen and oxygen atoms in total. The molecule has 2 amide bonds. The Bertz CT molecular complexity index is 807. The van der Waals surface area contributed by atoms with Crippen molar-refractivity contribution in [1.29, 1.82) is 0 Å². The maximum atomic E-state index is 12.9. The van der Waals surface area contributed by atoms with Gasteiger partial charge >= 0.3 is 18.8 Å². The second kappa shape index (κ2) is 8.47. The number of nitrogens with zero attached hydrogens (tertiary/aromatic N) is 2. The minimum absolute atomic E-state index is 0.0990. The van der Waals surface area contributed by atoms with Gasteiger partial charge in [-0.25, -0.2) is 4.79 Å². The highest BCUT2D eigenvalue weighted by atomic mass is 19.4. The van der Waals surface area contributed by atoms with Crippen molar-refractivity contribution in [1.82, 2.24) is 0 Å². The molecular weight excluding hydrogens is 373 g/mol. The number of benzene rings is 2. The van der Waals surface area contributed by atoms with E-state index in [-0.39, 0.29) is 17.1 Å². The van der Waals surface area contributed by atoms with Gasteiger partial charge in [0.1, 0.15) is 5.75 Å². The van der Waals surface area contributed by atoms with E-state index in [1.165, 1.54) is 43.5 Å². The second-order valence-corrected chi connectivity index (χ2v) is 5.07. The molecule has 27 heavy (non-hydrogen) atoms. The summed E-state index contributed by atoms with van der Waals surface area (Å²) in [5.74, 6) is -0.107. The summed E-state index contributed by atoms with van der Waals surface area (Å²) in [5, 5.41) is 6.94. The van der Waals surface area contributed by atoms with Gasteiger partial charge in [-0.2, -0.15) is 32.1 Å². The monoisotopic (exact) mass is 387 g/mol. The number of alkyl halides is 5. The number of carbonyl (C=O) groups is 1. The van der Waals surface area contributed by atoms with E-state index in [0.717, 1.165) is 23.2 Å². The largest absolute Gasteiger partial charge is 0.435 e. The third kappa shape index (κ3) is 5.66. The van der Waals surface area contributed by atoms with Gasteiger partial charge in [0, 0.05) is 11.9 Å². The Morgan fingerprint density at radius 3 is 2.41 bits per heavy atom. The van der Waals surface area contributed by atoms with E-state index in [2.05, 4.69) is 15.2 Å². The number of anilines is 2. The van der Waals surface area contributed by atoms with Crippen molar-refractivity contribution in [3.63, 3.8) is 0 Å². The summed E-state index contributed by atoms with van der Waals surface area (Å²) in [4.78, 5) is 12.4. The summed E-state index contributed by atoms with van der Waals surface area (Å²) in [7, 11) is 0. The summed E-state index contributed by atoms with van der Waals surface area (Å²) in [6.45, 7) is -1.49. The molecule has 0 heterocycles. The van der Waals surface area contributed by atoms with E-state index in [1.807, 2.05) is 0 Å². The highest BCUT2D eigenvalue weighted by molar-refractivity contribution is 6.01. The SMILES string of the molecule is CC=NN(C(=O)Nc1ccc(OC(F)F)cc1)c1cccc(C(F)(F)F)c1. The molecule has 0 aliphatic carbocycles. The van der Waals surface area contributed by atoms with Gasteiger partial charge in [-0.15, -0.1) is 0 Å². The molecule has 1 N–H and O–H groups in total. The van der Waals surface area contributed by atoms with Crippen LogP contribution in [0.1, 0.15) is 12.5 Å². The molecule has 0 bridgehead atoms. The standard InChI is InChI=1S/C17H14F5N3O2/c1-2-23-25(13-5-3-4-11(10-13)17(20,21)22)16(26)24-12-6-8-14(9-7-12)27-15(18)19/h2-10,15H,1H3,(H,24,26). The summed E-state index contributed by atoms with van der Waals surface area (Å²) in [6, 6.07) is 8.28. The predicted octanol–water partition coefficient (Wildman–Crippen LogP) is 5.35. The summed E-state index contributed by atoms with van der Waals surface area (Å²) in [5.41, 5.74) is -0.819. The minimum Gasteiger partial charge on any atom is -0.435 e. The molecule has 0 atom stereocenters. The number of rotatable bonds is 5. The summed E-state index contributed by atoms with van der Waals surface area (Å²) in [6.07, 6.45) is -3.34. The molecule has 0 unspecified atom stereocenters. The van der Waals surface area contributed by atoms with Crippen LogP contribution in [0.25, 0.3) is 0 Å². The van der Waals surface area contributed by atoms with E-state index in [4.69, 9.17) is 0 Å². The first kappa shape index (κ1) is 20.1. The van der Waals surface area contributed by atoms with E-state index in [1.54, 1.807) is 0 Å². The van der Waals surface area contributed by atoms with E-state index in [0.29, 0.717) is 0 Å². The number of carbonyl (C=O) groups excluding carboxylic acids is 1. The van der Waals surface area contributed by atoms with Crippen LogP contribution >= 0.6 is 0 Å². The lowest BCUT2D eigenvalue weighted by atomic mass is 10.2. The molecule has 10 heteroatoms. The van der Waals surface area contributed by atoms with Crippen LogP contribution in [0, 0.1) is 0 Å². The van der Waals surface area contributed by atoms with Crippen LogP contribution < -0.4 is 15.1 Å². The Hall–Kier alpha value is -3.17. The van der Waals surface area contributed by atoms with Crippen LogP contribution in [0.15, 0.2) is 53.6 Å². The van der Waals surface area contributed by atoms with Crippen LogP contribution in [0.5, 0.6) is 5.75 Å². The highest BCUT2D eigenvalue weighted by Crippen LogP contribution is 2.32. The van der Waals surface area contributed by atoms with Gasteiger partial charge in [0.25, 0.3) is 0 Å². The predicted molar refractivity (Wildman–Crippen MR) is 90.2 cm³/mol. The Morgan fingerprint density at radius 1 is 1.19 bits per heavy atom. The van der Waals surface area contributed by atoms with Crippen LogP contribution in [-0.4, -0.2) is 18.9 Å². The summed E-state index contributed by atoms with van der Waals surface area (Å²) >= 11 is 0. The molecule has 0 aliphatic heterocycles. The zero-order valence-corrected chi connectivity index (χ0v) is 13.9. The zero-order chi connectivity index (χ0) is 20.0. The number of amides is 2. The minimum atomic E-state index is -4.57. The first-order valence-corrected chi connectivity index (χ1v) is 7.52. The van der Waals surface area contributed by atoms with E-state index < -0.39 is 24.4 Å². The molecule has 0 aliphatic rings. The molecule has 0 fully saturated rings. The number of hydrazone groups is 1. The molecule has 2 aromatic rings. The van der Waals surface area contributed by atoms with Gasteiger partial charge < -0.3 is 10.1 Å². The molecule has 0 radical (unpaired) electrons. The Kier molecular flexibility index (Phi) is 6.32. The zero-order valence-electron chi connectivity index (χ0n) is 13.9. The molecule has 2 rings (SSSR count). The van der Waals surface area contributed by atoms with Crippen LogP contribution in [-0.2, 0) is 6.18 Å². The molecule has 144 valence electrons. The van der Waals surface area contributed by atoms with E-state index >= 15 is 0 Å². The maximum Gasteiger partial charge on any atom is 0.416 e. The maximum absolute atomic E-state index is 12.9. The number of hydrogen-bond donors (Lipinski definition) is 1. The van der Waals surface area contributed by atoms with E-state index in [9.17, 15) is 26.7 Å². The van der Waals surface area contributed by atoms with Crippen LogP contribution in [0.2, 0.25) is 0 Å². The first-order chi connectivity index (χ1) is 12.7. The highest BCUT2D eigenvalue weighted by Gasteiger charge is 2.31. The lowest BCUT2D eigenvalue weighted by Gasteiger charge is -2.19. The van der Waals surface area contributed by atoms with Gasteiger partial charge in [0.05, 0.1) is 11.3 Å². The van der Waals surface area contributed by atoms with Gasteiger partial charge in [-0.1, -0.05) is 6.07 Å². The average molecular weight is 387 g/mol. The molecule has 2 aromatic carbocycles. The van der Waals surface area contributed by atoms with Gasteiger partial charge in [-0.05, 0) is 49.4 Å². The van der Waals surface area contributed by atoms with Crippen molar-refractivity contribution < 1.29 is 31.5 Å². The van der Waals surface area contributed by atoms with Gasteiger partial charge in [0.15, 0.2) is 0 Å². The molecule has 0 spiro atoms. The van der Waals surface area contributed by atoms with Crippen LogP contribution in [0.3, 0.4) is 0 Å². The molecule has 0 aromatic heterocycles. The van der Waals surface area contributed by atoms with Crippen molar-refractivity contribution in [3.05, 3.63) is 54.1 Å². The molecular formula is C17H14F5N3O2. The number of ether oxygens (including phenoxy) is 1. The fourth-order valence-electron chi connectivity index (χ4n) is 2.06. The number of urea groups is 1. The fourth-order valence-corrected chi connectivity index (χ4v) is 2.06. The van der Waals surface area contributed by atoms with Crippen molar-refractivity contribution in [3.8, 4) is 5.75 Å². The third-order valence-electron chi connectivity index (χ3n) is 3.17. The van der Waals surface area contributed by atoms with Crippen molar-refractivity contribution in [2.24, 2.45) is 5.10 Å². The van der Waals surface area contributed by atoms with Gasteiger partial charge in [-0.3, -0.25) is 0 Å². The topological polar surface area (TPSA) is 53.9 Å². The summed E-state index contributed by atoms with van der Waals surface area (Å²) < 4.78 is 67.1. The Balaban J connectivity index is 2.20.